The first kappa shape index (κ1) is 21.5. The van der Waals surface area contributed by atoms with E-state index in [1.807, 2.05) is 0 Å². The predicted octanol–water partition coefficient (Wildman–Crippen LogP) is 4.41. The van der Waals surface area contributed by atoms with E-state index in [1.165, 1.54) is 36.4 Å². The molecule has 0 saturated heterocycles. The Morgan fingerprint density at radius 2 is 1.15 bits per heavy atom. The molecule has 4 atom stereocenters. The number of hydrogen-bond acceptors (Lipinski definition) is 6. The predicted molar refractivity (Wildman–Crippen MR) is 126 cm³/mol. The van der Waals surface area contributed by atoms with Gasteiger partial charge in [-0.15, -0.1) is 0 Å². The topological polar surface area (TPSA) is 115 Å². The maximum Gasteiger partial charge on any atom is 0.167 e. The van der Waals surface area contributed by atoms with E-state index in [1.54, 1.807) is 48.6 Å². The van der Waals surface area contributed by atoms with Gasteiger partial charge in [0.2, 0.25) is 0 Å². The molecule has 0 radical (unpaired) electrons. The Balaban J connectivity index is 1.63. The van der Waals surface area contributed by atoms with Crippen LogP contribution in [0.3, 0.4) is 0 Å². The fourth-order valence-electron chi connectivity index (χ4n) is 5.23. The molecule has 0 spiro atoms. The first-order valence-corrected chi connectivity index (χ1v) is 10.9. The van der Waals surface area contributed by atoms with E-state index in [-0.39, 0.29) is 34.6 Å². The molecule has 3 aromatic carbocycles. The molecule has 1 saturated carbocycles. The lowest BCUT2D eigenvalue weighted by Crippen LogP contribution is -2.29. The summed E-state index contributed by atoms with van der Waals surface area (Å²) >= 11 is 0. The Bertz CT molecular complexity index is 1310. The highest BCUT2D eigenvalue weighted by atomic mass is 16.3. The second kappa shape index (κ2) is 8.23. The lowest BCUT2D eigenvalue weighted by molar-refractivity contribution is -0.130. The zero-order chi connectivity index (χ0) is 24.0. The summed E-state index contributed by atoms with van der Waals surface area (Å²) in [6.45, 7) is 0. The van der Waals surface area contributed by atoms with Crippen LogP contribution in [0.5, 0.6) is 23.0 Å². The summed E-state index contributed by atoms with van der Waals surface area (Å²) in [5.74, 6) is -3.14. The van der Waals surface area contributed by atoms with Crippen LogP contribution in [0.4, 0.5) is 0 Å². The Morgan fingerprint density at radius 3 is 1.76 bits per heavy atom. The smallest absolute Gasteiger partial charge is 0.167 e. The van der Waals surface area contributed by atoms with Gasteiger partial charge < -0.3 is 20.4 Å². The Labute approximate surface area is 195 Å². The average Bonchev–Trinajstić information content (AvgIpc) is 3.02. The van der Waals surface area contributed by atoms with Crippen molar-refractivity contribution in [2.24, 2.45) is 11.8 Å². The number of carbonyl (C=O) groups excluding carboxylic acids is 2. The van der Waals surface area contributed by atoms with Crippen molar-refractivity contribution in [1.29, 1.82) is 0 Å². The number of phenolic OH excluding ortho intramolecular Hbond substituents is 4. The van der Waals surface area contributed by atoms with E-state index in [4.69, 9.17) is 0 Å². The summed E-state index contributed by atoms with van der Waals surface area (Å²) in [6.07, 6.45) is 5.01. The molecule has 0 aliphatic heterocycles. The average molecular weight is 454 g/mol. The number of benzene rings is 3. The van der Waals surface area contributed by atoms with Gasteiger partial charge in [-0.25, -0.2) is 0 Å². The Kier molecular flexibility index (Phi) is 5.21. The van der Waals surface area contributed by atoms with Crippen molar-refractivity contribution in [2.45, 2.75) is 11.8 Å². The molecule has 2 aliphatic rings. The lowest BCUT2D eigenvalue weighted by Gasteiger charge is -2.25. The van der Waals surface area contributed by atoms with Crippen LogP contribution >= 0.6 is 0 Å². The van der Waals surface area contributed by atoms with Crippen LogP contribution < -0.4 is 0 Å². The van der Waals surface area contributed by atoms with E-state index in [0.717, 1.165) is 11.1 Å². The first-order chi connectivity index (χ1) is 16.3. The van der Waals surface area contributed by atoms with Crippen LogP contribution in [-0.4, -0.2) is 32.0 Å². The van der Waals surface area contributed by atoms with Gasteiger partial charge in [0.1, 0.15) is 23.0 Å². The molecule has 4 N–H and O–H groups in total. The van der Waals surface area contributed by atoms with Crippen molar-refractivity contribution in [3.8, 4) is 23.0 Å². The molecule has 34 heavy (non-hydrogen) atoms. The van der Waals surface area contributed by atoms with Crippen molar-refractivity contribution in [3.05, 3.63) is 101 Å². The normalized spacial score (nSPS) is 23.9. The number of Topliss-reactive ketones (excluding diaryl/α,β-unsaturated/α-hetero) is 1. The standard InChI is InChI=1S/C28H22O6/c29-19-7-2-15(3-8-19)1-4-17-13-23(33)27-24(16-5-9-20(30)10-6-16)25(26(17)28(27)34)18-11-21(31)14-22(32)12-18/h1-14,24-27,29-32H/b4-1+. The summed E-state index contributed by atoms with van der Waals surface area (Å²) < 4.78 is 0. The van der Waals surface area contributed by atoms with E-state index < -0.39 is 23.7 Å². The monoisotopic (exact) mass is 454 g/mol. The van der Waals surface area contributed by atoms with Gasteiger partial charge in [-0.3, -0.25) is 9.59 Å². The zero-order valence-electron chi connectivity index (χ0n) is 18.0. The SMILES string of the molecule is O=C1C=C(/C=C/c2ccc(O)cc2)C2C(=O)C1C(c1ccc(O)cc1)C2c1cc(O)cc(O)c1. The maximum absolute atomic E-state index is 13.6. The summed E-state index contributed by atoms with van der Waals surface area (Å²) in [5, 5.41) is 39.6. The molecule has 0 amide bonds. The summed E-state index contributed by atoms with van der Waals surface area (Å²) in [5.41, 5.74) is 2.61. The van der Waals surface area contributed by atoms with Crippen molar-refractivity contribution >= 4 is 17.6 Å². The third kappa shape index (κ3) is 3.73. The summed E-state index contributed by atoms with van der Waals surface area (Å²) in [6, 6.07) is 17.2. The lowest BCUT2D eigenvalue weighted by atomic mass is 9.77. The molecule has 6 heteroatoms. The second-order valence-electron chi connectivity index (χ2n) is 8.76. The largest absolute Gasteiger partial charge is 0.508 e. The van der Waals surface area contributed by atoms with Crippen LogP contribution in [0.15, 0.2) is 84.5 Å². The number of hydrogen-bond donors (Lipinski definition) is 4. The minimum Gasteiger partial charge on any atom is -0.508 e. The van der Waals surface area contributed by atoms with Gasteiger partial charge in [0.25, 0.3) is 0 Å². The van der Waals surface area contributed by atoms with Crippen LogP contribution in [0.1, 0.15) is 28.5 Å². The van der Waals surface area contributed by atoms with Crippen molar-refractivity contribution in [2.75, 3.05) is 0 Å². The van der Waals surface area contributed by atoms with Gasteiger partial charge in [0.15, 0.2) is 11.6 Å². The fourth-order valence-corrected chi connectivity index (χ4v) is 5.23. The number of rotatable bonds is 4. The van der Waals surface area contributed by atoms with Crippen LogP contribution in [-0.2, 0) is 9.59 Å². The molecule has 0 aromatic heterocycles. The van der Waals surface area contributed by atoms with Gasteiger partial charge in [-0.05, 0) is 64.7 Å². The van der Waals surface area contributed by atoms with Crippen LogP contribution in [0.25, 0.3) is 6.08 Å². The molecular weight excluding hydrogens is 432 g/mol. The molecule has 2 aliphatic carbocycles. The number of fused-ring (bicyclic) bond motifs is 2. The molecular formula is C28H22O6. The number of phenols is 4. The van der Waals surface area contributed by atoms with E-state index in [9.17, 15) is 30.0 Å². The summed E-state index contributed by atoms with van der Waals surface area (Å²) in [4.78, 5) is 26.7. The van der Waals surface area contributed by atoms with Gasteiger partial charge >= 0.3 is 0 Å². The van der Waals surface area contributed by atoms with Gasteiger partial charge in [0, 0.05) is 17.9 Å². The minimum absolute atomic E-state index is 0.0737. The molecule has 0 heterocycles. The second-order valence-corrected chi connectivity index (χ2v) is 8.76. The van der Waals surface area contributed by atoms with Crippen molar-refractivity contribution < 1.29 is 30.0 Å². The molecule has 4 unspecified atom stereocenters. The van der Waals surface area contributed by atoms with Gasteiger partial charge in [-0.2, -0.15) is 0 Å². The van der Waals surface area contributed by atoms with Crippen molar-refractivity contribution in [3.63, 3.8) is 0 Å². The number of aromatic hydroxyl groups is 4. The quantitative estimate of drug-likeness (QED) is 0.434. The Hall–Kier alpha value is -4.32. The summed E-state index contributed by atoms with van der Waals surface area (Å²) in [7, 11) is 0. The highest BCUT2D eigenvalue weighted by Crippen LogP contribution is 2.56. The molecule has 5 rings (SSSR count). The van der Waals surface area contributed by atoms with Gasteiger partial charge in [0.05, 0.1) is 11.8 Å². The van der Waals surface area contributed by atoms with Crippen molar-refractivity contribution in [1.82, 2.24) is 0 Å². The van der Waals surface area contributed by atoms with Gasteiger partial charge in [-0.1, -0.05) is 36.4 Å². The van der Waals surface area contributed by atoms with Crippen LogP contribution in [0.2, 0.25) is 0 Å². The third-order valence-electron chi connectivity index (χ3n) is 6.64. The highest BCUT2D eigenvalue weighted by molar-refractivity contribution is 6.15. The molecule has 170 valence electrons. The molecule has 6 nitrogen and oxygen atoms in total. The molecule has 2 bridgehead atoms. The highest BCUT2D eigenvalue weighted by Gasteiger charge is 2.56. The zero-order valence-corrected chi connectivity index (χ0v) is 18.0. The molecule has 3 aromatic rings. The fraction of sp³-hybridized carbons (Fsp3) is 0.143. The van der Waals surface area contributed by atoms with E-state index in [2.05, 4.69) is 0 Å². The first-order valence-electron chi connectivity index (χ1n) is 10.9. The Morgan fingerprint density at radius 1 is 0.588 bits per heavy atom. The minimum atomic E-state index is -0.894. The van der Waals surface area contributed by atoms with E-state index >= 15 is 0 Å². The third-order valence-corrected chi connectivity index (χ3v) is 6.64. The number of allylic oxidation sites excluding steroid dienone is 3. The maximum atomic E-state index is 13.6. The number of carbonyl (C=O) groups is 2. The molecule has 1 fully saturated rings. The number of ketones is 2. The van der Waals surface area contributed by atoms with Crippen LogP contribution in [0, 0.1) is 11.8 Å². The van der Waals surface area contributed by atoms with E-state index in [0.29, 0.717) is 11.1 Å².